The monoisotopic (exact) mass is 227 g/mol. The summed E-state index contributed by atoms with van der Waals surface area (Å²) in [6, 6.07) is 6.16. The zero-order valence-corrected chi connectivity index (χ0v) is 9.13. The van der Waals surface area contributed by atoms with Gasteiger partial charge in [-0.15, -0.1) is 12.4 Å². The molecular formula is C11H14ClNO2. The summed E-state index contributed by atoms with van der Waals surface area (Å²) in [7, 11) is 0. The van der Waals surface area contributed by atoms with Gasteiger partial charge in [0.15, 0.2) is 11.5 Å². The Balaban J connectivity index is 0.000000853. The number of fused-ring (bicyclic) bond motifs is 1. The molecule has 1 aromatic rings. The minimum Gasteiger partial charge on any atom is -0.454 e. The number of hydrogen-bond donors (Lipinski definition) is 1. The first-order valence-electron chi connectivity index (χ1n) is 5.00. The molecule has 1 aromatic carbocycles. The maximum Gasteiger partial charge on any atom is 0.231 e. The van der Waals surface area contributed by atoms with Gasteiger partial charge in [0.05, 0.1) is 0 Å². The van der Waals surface area contributed by atoms with Gasteiger partial charge in [0.25, 0.3) is 0 Å². The number of nitrogens with two attached hydrogens (primary N) is 1. The smallest absolute Gasteiger partial charge is 0.231 e. The van der Waals surface area contributed by atoms with Gasteiger partial charge < -0.3 is 15.2 Å². The van der Waals surface area contributed by atoms with Crippen LogP contribution in [0.5, 0.6) is 11.5 Å². The predicted molar refractivity (Wildman–Crippen MR) is 59.5 cm³/mol. The molecule has 1 fully saturated rings. The summed E-state index contributed by atoms with van der Waals surface area (Å²) in [5.41, 5.74) is 7.26. The molecule has 0 amide bonds. The van der Waals surface area contributed by atoms with Gasteiger partial charge in [-0.2, -0.15) is 0 Å². The summed E-state index contributed by atoms with van der Waals surface area (Å²) >= 11 is 0. The fourth-order valence-electron chi connectivity index (χ4n) is 1.85. The van der Waals surface area contributed by atoms with Crippen LogP contribution >= 0.6 is 12.4 Å². The van der Waals surface area contributed by atoms with Crippen molar-refractivity contribution >= 4 is 12.4 Å². The molecule has 82 valence electrons. The normalized spacial score (nSPS) is 19.5. The van der Waals surface area contributed by atoms with Crippen LogP contribution in [0.4, 0.5) is 0 Å². The Bertz CT molecular complexity index is 366. The molecule has 2 aliphatic rings. The van der Waals surface area contributed by atoms with Crippen LogP contribution in [0.3, 0.4) is 0 Å². The van der Waals surface area contributed by atoms with Gasteiger partial charge in [-0.1, -0.05) is 6.07 Å². The van der Waals surface area contributed by atoms with Crippen LogP contribution < -0.4 is 15.2 Å². The average Bonchev–Trinajstić information content (AvgIpc) is 2.95. The van der Waals surface area contributed by atoms with Gasteiger partial charge in [-0.05, 0) is 36.5 Å². The summed E-state index contributed by atoms with van der Waals surface area (Å²) in [6.07, 6.45) is 2.52. The summed E-state index contributed by atoms with van der Waals surface area (Å²) < 4.78 is 10.6. The third-order valence-electron chi connectivity index (χ3n) is 2.91. The van der Waals surface area contributed by atoms with Crippen molar-refractivity contribution in [3.63, 3.8) is 0 Å². The average molecular weight is 228 g/mol. The standard InChI is InChI=1S/C11H13NO2.ClH/c12-11(7-1-2-7)8-3-4-9-10(5-8)14-6-13-9;/h3-5,7,11H,1-2,6,12H2;1H/t11-;/m0./s1. The van der Waals surface area contributed by atoms with Gasteiger partial charge in [-0.3, -0.25) is 0 Å². The van der Waals surface area contributed by atoms with Crippen molar-refractivity contribution < 1.29 is 9.47 Å². The molecule has 0 radical (unpaired) electrons. The molecule has 1 saturated carbocycles. The first-order chi connectivity index (χ1) is 6.84. The Morgan fingerprint density at radius 1 is 1.20 bits per heavy atom. The molecule has 3 rings (SSSR count). The largest absolute Gasteiger partial charge is 0.454 e. The second-order valence-corrected chi connectivity index (χ2v) is 3.98. The van der Waals surface area contributed by atoms with Gasteiger partial charge >= 0.3 is 0 Å². The first kappa shape index (κ1) is 10.6. The third kappa shape index (κ3) is 1.90. The number of rotatable bonds is 2. The number of halogens is 1. The van der Waals surface area contributed by atoms with Crippen LogP contribution in [-0.4, -0.2) is 6.79 Å². The third-order valence-corrected chi connectivity index (χ3v) is 2.91. The van der Waals surface area contributed by atoms with Crippen LogP contribution in [0, 0.1) is 5.92 Å². The minimum absolute atomic E-state index is 0. The lowest BCUT2D eigenvalue weighted by atomic mass is 10.0. The van der Waals surface area contributed by atoms with Crippen molar-refractivity contribution in [2.24, 2.45) is 11.7 Å². The molecule has 1 heterocycles. The molecule has 2 N–H and O–H groups in total. The summed E-state index contributed by atoms with van der Waals surface area (Å²) in [6.45, 7) is 0.331. The Hall–Kier alpha value is -0.930. The van der Waals surface area contributed by atoms with E-state index in [9.17, 15) is 0 Å². The van der Waals surface area contributed by atoms with Crippen LogP contribution in [-0.2, 0) is 0 Å². The van der Waals surface area contributed by atoms with Crippen molar-refractivity contribution in [3.05, 3.63) is 23.8 Å². The molecule has 4 heteroatoms. The highest BCUT2D eigenvalue weighted by Crippen LogP contribution is 2.42. The van der Waals surface area contributed by atoms with Crippen LogP contribution in [0.25, 0.3) is 0 Å². The highest BCUT2D eigenvalue weighted by molar-refractivity contribution is 5.85. The lowest BCUT2D eigenvalue weighted by Crippen LogP contribution is -2.11. The Labute approximate surface area is 95.0 Å². The van der Waals surface area contributed by atoms with Crippen molar-refractivity contribution in [1.82, 2.24) is 0 Å². The van der Waals surface area contributed by atoms with Crippen LogP contribution in [0.1, 0.15) is 24.4 Å². The Morgan fingerprint density at radius 3 is 2.67 bits per heavy atom. The zero-order valence-electron chi connectivity index (χ0n) is 8.31. The van der Waals surface area contributed by atoms with Gasteiger partial charge in [-0.25, -0.2) is 0 Å². The minimum atomic E-state index is 0. The Kier molecular flexibility index (Phi) is 2.76. The van der Waals surface area contributed by atoms with E-state index in [4.69, 9.17) is 15.2 Å². The molecule has 0 aromatic heterocycles. The SMILES string of the molecule is Cl.N[C@H](c1ccc2c(c1)OCO2)C1CC1. The fourth-order valence-corrected chi connectivity index (χ4v) is 1.85. The molecule has 0 saturated heterocycles. The van der Waals surface area contributed by atoms with Crippen molar-refractivity contribution in [1.29, 1.82) is 0 Å². The van der Waals surface area contributed by atoms with Gasteiger partial charge in [0.2, 0.25) is 6.79 Å². The van der Waals surface area contributed by atoms with E-state index in [1.54, 1.807) is 0 Å². The lowest BCUT2D eigenvalue weighted by Gasteiger charge is -2.10. The molecule has 1 aliphatic heterocycles. The van der Waals surface area contributed by atoms with E-state index in [0.29, 0.717) is 12.7 Å². The quantitative estimate of drug-likeness (QED) is 0.843. The van der Waals surface area contributed by atoms with Crippen molar-refractivity contribution in [2.75, 3.05) is 6.79 Å². The van der Waals surface area contributed by atoms with E-state index in [0.717, 1.165) is 17.1 Å². The molecule has 15 heavy (non-hydrogen) atoms. The molecule has 1 aliphatic carbocycles. The topological polar surface area (TPSA) is 44.5 Å². The molecule has 0 bridgehead atoms. The first-order valence-corrected chi connectivity index (χ1v) is 5.00. The van der Waals surface area contributed by atoms with E-state index >= 15 is 0 Å². The number of ether oxygens (including phenoxy) is 2. The van der Waals surface area contributed by atoms with Crippen LogP contribution in [0.15, 0.2) is 18.2 Å². The Morgan fingerprint density at radius 2 is 1.93 bits per heavy atom. The maximum absolute atomic E-state index is 6.10. The molecule has 1 atom stereocenters. The van der Waals surface area contributed by atoms with E-state index in [2.05, 4.69) is 0 Å². The van der Waals surface area contributed by atoms with E-state index < -0.39 is 0 Å². The maximum atomic E-state index is 6.10. The molecule has 3 nitrogen and oxygen atoms in total. The second-order valence-electron chi connectivity index (χ2n) is 3.98. The number of benzene rings is 1. The van der Waals surface area contributed by atoms with Crippen molar-refractivity contribution in [3.8, 4) is 11.5 Å². The van der Waals surface area contributed by atoms with E-state index in [1.807, 2.05) is 18.2 Å². The molecule has 0 unspecified atom stereocenters. The van der Waals surface area contributed by atoms with E-state index in [-0.39, 0.29) is 18.4 Å². The highest BCUT2D eigenvalue weighted by atomic mass is 35.5. The summed E-state index contributed by atoms with van der Waals surface area (Å²) in [5.74, 6) is 2.34. The molecular weight excluding hydrogens is 214 g/mol. The lowest BCUT2D eigenvalue weighted by molar-refractivity contribution is 0.174. The summed E-state index contributed by atoms with van der Waals surface area (Å²) in [4.78, 5) is 0. The van der Waals surface area contributed by atoms with E-state index in [1.165, 1.54) is 12.8 Å². The zero-order chi connectivity index (χ0) is 9.54. The summed E-state index contributed by atoms with van der Waals surface area (Å²) in [5, 5.41) is 0. The fraction of sp³-hybridized carbons (Fsp3) is 0.455. The number of hydrogen-bond acceptors (Lipinski definition) is 3. The van der Waals surface area contributed by atoms with Crippen molar-refractivity contribution in [2.45, 2.75) is 18.9 Å². The van der Waals surface area contributed by atoms with Gasteiger partial charge in [0, 0.05) is 6.04 Å². The predicted octanol–water partition coefficient (Wildman–Crippen LogP) is 2.25. The highest BCUT2D eigenvalue weighted by Gasteiger charge is 2.30. The molecule has 0 spiro atoms. The van der Waals surface area contributed by atoms with Gasteiger partial charge in [0.1, 0.15) is 0 Å². The second kappa shape index (κ2) is 3.91. The van der Waals surface area contributed by atoms with Crippen LogP contribution in [0.2, 0.25) is 0 Å².